The fourth-order valence-corrected chi connectivity index (χ4v) is 9.16. The van der Waals surface area contributed by atoms with Gasteiger partial charge in [0.1, 0.15) is 42.1 Å². The van der Waals surface area contributed by atoms with Crippen LogP contribution in [-0.2, 0) is 68.5 Å². The molecule has 2 aromatic rings. The molecule has 2 aliphatic rings. The van der Waals surface area contributed by atoms with Gasteiger partial charge in [0, 0.05) is 32.9 Å². The molecule has 7 atom stereocenters. The molecule has 0 unspecified atom stereocenters. The third-order valence-electron chi connectivity index (χ3n) is 12.1. The minimum Gasteiger partial charge on any atom is -0.394 e. The molecule has 21 heteroatoms. The van der Waals surface area contributed by atoms with E-state index < -0.39 is 80.3 Å². The van der Waals surface area contributed by atoms with E-state index in [1.165, 1.54) is 17.4 Å². The summed E-state index contributed by atoms with van der Waals surface area (Å²) < 4.78 is 26.3. The molecule has 0 spiro atoms. The van der Waals surface area contributed by atoms with Crippen molar-refractivity contribution in [3.8, 4) is 0 Å². The third-order valence-corrected chi connectivity index (χ3v) is 12.7. The number of fused-ring (bicyclic) bond motifs is 4. The molecule has 1 saturated heterocycles. The molecular weight excluding hydrogens is 888 g/mol. The number of benzene rings is 1. The van der Waals surface area contributed by atoms with E-state index in [1.807, 2.05) is 32.4 Å². The van der Waals surface area contributed by atoms with Crippen molar-refractivity contribution < 1.29 is 62.1 Å². The van der Waals surface area contributed by atoms with Gasteiger partial charge in [-0.2, -0.15) is 0 Å². The molecule has 9 N–H and O–H groups in total. The van der Waals surface area contributed by atoms with Gasteiger partial charge in [-0.1, -0.05) is 69.9 Å². The Morgan fingerprint density at radius 3 is 2.30 bits per heavy atom. The minimum absolute atomic E-state index is 0.0665. The zero-order valence-electron chi connectivity index (χ0n) is 39.5. The number of unbranched alkanes of at least 4 members (excludes halogenated alkanes) is 5. The lowest BCUT2D eigenvalue weighted by Gasteiger charge is -2.28. The van der Waals surface area contributed by atoms with E-state index in [9.17, 15) is 48.2 Å². The van der Waals surface area contributed by atoms with Crippen LogP contribution >= 0.6 is 7.82 Å². The summed E-state index contributed by atoms with van der Waals surface area (Å²) in [4.78, 5) is 101. The van der Waals surface area contributed by atoms with Crippen molar-refractivity contribution in [2.75, 3.05) is 19.8 Å². The number of aliphatic hydroxyl groups excluding tert-OH is 1. The molecule has 3 heterocycles. The summed E-state index contributed by atoms with van der Waals surface area (Å²) in [5.41, 5.74) is 7.45. The lowest BCUT2D eigenvalue weighted by atomic mass is 10.0. The van der Waals surface area contributed by atoms with Gasteiger partial charge in [0.15, 0.2) is 0 Å². The van der Waals surface area contributed by atoms with Crippen LogP contribution in [0.4, 0.5) is 0 Å². The van der Waals surface area contributed by atoms with Gasteiger partial charge >= 0.3 is 7.82 Å². The zero-order chi connectivity index (χ0) is 49.1. The van der Waals surface area contributed by atoms with Crippen LogP contribution in [0.5, 0.6) is 0 Å². The van der Waals surface area contributed by atoms with E-state index >= 15 is 0 Å². The van der Waals surface area contributed by atoms with Gasteiger partial charge in [-0.05, 0) is 69.8 Å². The SMILES string of the molecule is CC(=O)N1C[C@H]2C[C@H]1C(=O)N[C@@H](CC(C)C)C(=O)N[C@H](C(=O)N[C@@H](CO)C(=O)N[C@H](C(N)=O)[C@@H](C)OP(=O)(O)O)Cc1c[n+](cn1CCCCCCCCc1ccccc1)CCCCCCO2. The van der Waals surface area contributed by atoms with Crippen molar-refractivity contribution in [1.82, 2.24) is 30.7 Å². The first-order valence-electron chi connectivity index (χ1n) is 23.7. The number of primary amides is 1. The largest absolute Gasteiger partial charge is 0.469 e. The quantitative estimate of drug-likeness (QED) is 0.0532. The summed E-state index contributed by atoms with van der Waals surface area (Å²) in [6.07, 6.45) is 13.1. The Balaban J connectivity index is 1.60. The molecule has 0 radical (unpaired) electrons. The number of aromatic nitrogens is 2. The van der Waals surface area contributed by atoms with Gasteiger partial charge in [0.25, 0.3) is 0 Å². The lowest BCUT2D eigenvalue weighted by molar-refractivity contribution is -0.697. The van der Waals surface area contributed by atoms with E-state index in [0.717, 1.165) is 77.6 Å². The van der Waals surface area contributed by atoms with E-state index in [2.05, 4.69) is 59.2 Å². The number of hydrogen-bond donors (Lipinski definition) is 8. The number of nitrogens with zero attached hydrogens (tertiary/aromatic N) is 3. The van der Waals surface area contributed by atoms with Gasteiger partial charge in [0.2, 0.25) is 41.8 Å². The first-order chi connectivity index (χ1) is 31.8. The smallest absolute Gasteiger partial charge is 0.394 e. The lowest BCUT2D eigenvalue weighted by Crippen LogP contribution is -2.61. The second-order valence-electron chi connectivity index (χ2n) is 18.2. The summed E-state index contributed by atoms with van der Waals surface area (Å²) in [6.45, 7) is 7.26. The number of likely N-dealkylation sites (tertiary alicyclic amines) is 1. The molecule has 374 valence electrons. The number of amides is 6. The molecule has 0 saturated carbocycles. The monoisotopic (exact) mass is 962 g/mol. The highest BCUT2D eigenvalue weighted by Crippen LogP contribution is 2.38. The molecule has 2 aliphatic heterocycles. The number of aryl methyl sites for hydroxylation is 3. The number of aliphatic hydroxyl groups is 1. The number of phosphoric acid groups is 1. The van der Waals surface area contributed by atoms with Crippen LogP contribution in [0.3, 0.4) is 0 Å². The molecule has 4 rings (SSSR count). The number of hydrogen-bond acceptors (Lipinski definition) is 10. The van der Waals surface area contributed by atoms with Gasteiger partial charge in [-0.3, -0.25) is 33.3 Å². The molecule has 1 aromatic heterocycles. The van der Waals surface area contributed by atoms with E-state index in [0.29, 0.717) is 25.4 Å². The van der Waals surface area contributed by atoms with Crippen LogP contribution in [0.15, 0.2) is 42.9 Å². The second kappa shape index (κ2) is 27.3. The number of phosphoric ester groups is 1. The van der Waals surface area contributed by atoms with Gasteiger partial charge in [-0.15, -0.1) is 0 Å². The fraction of sp³-hybridized carbons (Fsp3) is 0.674. The number of carbonyl (C=O) groups is 6. The van der Waals surface area contributed by atoms with E-state index in [4.69, 9.17) is 10.5 Å². The van der Waals surface area contributed by atoms with Crippen LogP contribution in [0, 0.1) is 5.92 Å². The van der Waals surface area contributed by atoms with Crippen LogP contribution in [0.1, 0.15) is 116 Å². The third kappa shape index (κ3) is 18.7. The number of ether oxygens (including phenoxy) is 1. The maximum Gasteiger partial charge on any atom is 0.469 e. The molecule has 20 nitrogen and oxygen atoms in total. The predicted octanol–water partition coefficient (Wildman–Crippen LogP) is 1.44. The topological polar surface area (TPSA) is 285 Å². The highest BCUT2D eigenvalue weighted by molar-refractivity contribution is 7.46. The normalized spacial score (nSPS) is 21.4. The Kier molecular flexibility index (Phi) is 22.4. The Bertz CT molecular complexity index is 1980. The molecule has 4 bridgehead atoms. The van der Waals surface area contributed by atoms with Crippen LogP contribution < -0.4 is 31.6 Å². The number of nitrogens with one attached hydrogen (secondary N) is 4. The summed E-state index contributed by atoms with van der Waals surface area (Å²) in [7, 11) is -5.12. The summed E-state index contributed by atoms with van der Waals surface area (Å²) in [5.74, 6) is -4.86. The number of imidazole rings is 1. The van der Waals surface area contributed by atoms with Crippen molar-refractivity contribution in [3.63, 3.8) is 0 Å². The molecule has 67 heavy (non-hydrogen) atoms. The average Bonchev–Trinajstić information content (AvgIpc) is 3.87. The molecular formula is C46H74N8O12P+. The van der Waals surface area contributed by atoms with Crippen molar-refractivity contribution in [2.45, 2.75) is 173 Å². The van der Waals surface area contributed by atoms with E-state index in [-0.39, 0.29) is 43.7 Å². The number of rotatable bonds is 20. The first kappa shape index (κ1) is 54.9. The van der Waals surface area contributed by atoms with Gasteiger partial charge in [-0.25, -0.2) is 13.7 Å². The van der Waals surface area contributed by atoms with Crippen molar-refractivity contribution in [2.24, 2.45) is 11.7 Å². The van der Waals surface area contributed by atoms with Crippen LogP contribution in [0.2, 0.25) is 0 Å². The minimum atomic E-state index is -5.12. The van der Waals surface area contributed by atoms with Gasteiger partial charge in [0.05, 0.1) is 31.9 Å². The Labute approximate surface area is 393 Å². The molecule has 1 fully saturated rings. The highest BCUT2D eigenvalue weighted by Gasteiger charge is 2.41. The van der Waals surface area contributed by atoms with Crippen molar-refractivity contribution in [1.29, 1.82) is 0 Å². The number of carbonyl (C=O) groups excluding carboxylic acids is 6. The maximum atomic E-state index is 14.4. The first-order valence-corrected chi connectivity index (χ1v) is 25.2. The summed E-state index contributed by atoms with van der Waals surface area (Å²) >= 11 is 0. The Morgan fingerprint density at radius 1 is 0.955 bits per heavy atom. The van der Waals surface area contributed by atoms with Crippen LogP contribution in [-0.4, -0.2) is 122 Å². The highest BCUT2D eigenvalue weighted by atomic mass is 31.2. The fourth-order valence-electron chi connectivity index (χ4n) is 8.60. The molecule has 1 aromatic carbocycles. The Morgan fingerprint density at radius 2 is 1.64 bits per heavy atom. The summed E-state index contributed by atoms with van der Waals surface area (Å²) in [6, 6.07) is 3.52. The molecule has 0 aliphatic carbocycles. The van der Waals surface area contributed by atoms with E-state index in [1.54, 1.807) is 0 Å². The second-order valence-corrected chi connectivity index (χ2v) is 19.4. The van der Waals surface area contributed by atoms with Crippen LogP contribution in [0.25, 0.3) is 0 Å². The predicted molar refractivity (Wildman–Crippen MR) is 246 cm³/mol. The zero-order valence-corrected chi connectivity index (χ0v) is 40.4. The van der Waals surface area contributed by atoms with Crippen molar-refractivity contribution in [3.05, 3.63) is 54.1 Å². The standard InChI is InChI=1S/C46H73N8O12P/c1-31(2)24-37-43(58)48-38(44(59)50-39(29-55)45(60)51-41(42(47)57)32(3)66-67(62,63)64)25-35-27-52(30-53(35)22-16-8-6-5-7-12-18-34-19-13-11-14-20-34)21-15-9-10-17-23-65-36-26-40(46(61)49-37)54(28-36)33(4)56/h11,13-14,19-20,27,30-32,36-41,55H,5-10,12,15-18,21-26,28-29H2,1-4H3,(H7-,47,48,49,50,51,57,58,59,60,61,62,63,64)/p+1/t32-,36-,37+,38+,39+,40+,41+/m1/s1. The maximum absolute atomic E-state index is 14.4. The number of nitrogens with two attached hydrogens (primary N) is 1. The molecule has 6 amide bonds. The Hall–Kier alpha value is -4.72. The average molecular weight is 962 g/mol. The van der Waals surface area contributed by atoms with Gasteiger partial charge < -0.3 is 51.5 Å². The summed E-state index contributed by atoms with van der Waals surface area (Å²) in [5, 5.41) is 20.6. The van der Waals surface area contributed by atoms with Crippen molar-refractivity contribution >= 4 is 43.3 Å².